The third-order valence-corrected chi connectivity index (χ3v) is 5.28. The number of carbonyl (C=O) groups excluding carboxylic acids is 1. The number of carboxylic acids is 1. The van der Waals surface area contributed by atoms with E-state index in [-0.39, 0.29) is 18.6 Å². The number of carbonyl (C=O) groups is 2. The van der Waals surface area contributed by atoms with Crippen LogP contribution in [0.25, 0.3) is 0 Å². The lowest BCUT2D eigenvalue weighted by Gasteiger charge is -2.34. The predicted molar refractivity (Wildman–Crippen MR) is 81.1 cm³/mol. The van der Waals surface area contributed by atoms with E-state index in [1.54, 1.807) is 0 Å². The molecule has 0 heterocycles. The van der Waals surface area contributed by atoms with Crippen LogP contribution in [0.1, 0.15) is 64.7 Å². The van der Waals surface area contributed by atoms with Crippen molar-refractivity contribution in [2.24, 2.45) is 11.3 Å². The Kier molecular flexibility index (Phi) is 5.48. The van der Waals surface area contributed by atoms with Gasteiger partial charge in [-0.3, -0.25) is 4.79 Å². The Balaban J connectivity index is 1.83. The summed E-state index contributed by atoms with van der Waals surface area (Å²) in [6, 6.07) is 0.0193. The van der Waals surface area contributed by atoms with Crippen molar-refractivity contribution in [3.8, 4) is 0 Å². The molecule has 0 radical (unpaired) electrons. The summed E-state index contributed by atoms with van der Waals surface area (Å²) in [5, 5.41) is 15.3. The third-order valence-electron chi connectivity index (χ3n) is 5.28. The fourth-order valence-electron chi connectivity index (χ4n) is 3.69. The van der Waals surface area contributed by atoms with Crippen molar-refractivity contribution in [3.05, 3.63) is 0 Å². The van der Waals surface area contributed by atoms with Gasteiger partial charge < -0.3 is 15.7 Å². The number of hydrogen-bond acceptors (Lipinski definition) is 2. The molecular weight excluding hydrogens is 268 g/mol. The Morgan fingerprint density at radius 2 is 1.76 bits per heavy atom. The van der Waals surface area contributed by atoms with Gasteiger partial charge in [-0.25, -0.2) is 4.79 Å². The second-order valence-electron chi connectivity index (χ2n) is 6.84. The van der Waals surface area contributed by atoms with E-state index in [0.29, 0.717) is 18.8 Å². The molecule has 5 heteroatoms. The van der Waals surface area contributed by atoms with Crippen LogP contribution in [0.2, 0.25) is 0 Å². The summed E-state index contributed by atoms with van der Waals surface area (Å²) in [6.07, 6.45) is 8.90. The van der Waals surface area contributed by atoms with Gasteiger partial charge in [0.2, 0.25) is 0 Å². The SMILES string of the molecule is CC1CCCCC1NC(=O)NCC1(C(=O)O)CCCCC1. The summed E-state index contributed by atoms with van der Waals surface area (Å²) in [6.45, 7) is 2.42. The Bertz CT molecular complexity index is 378. The number of aliphatic carboxylic acids is 1. The Morgan fingerprint density at radius 3 is 2.38 bits per heavy atom. The minimum atomic E-state index is -0.770. The molecule has 0 saturated heterocycles. The van der Waals surface area contributed by atoms with E-state index in [0.717, 1.165) is 38.5 Å². The van der Waals surface area contributed by atoms with Crippen LogP contribution in [-0.4, -0.2) is 29.7 Å². The van der Waals surface area contributed by atoms with Crippen molar-refractivity contribution in [1.29, 1.82) is 0 Å². The number of hydrogen-bond donors (Lipinski definition) is 3. The van der Waals surface area contributed by atoms with E-state index in [9.17, 15) is 14.7 Å². The average molecular weight is 296 g/mol. The molecule has 0 aliphatic heterocycles. The Labute approximate surface area is 126 Å². The molecule has 120 valence electrons. The van der Waals surface area contributed by atoms with Gasteiger partial charge in [0.25, 0.3) is 0 Å². The lowest BCUT2D eigenvalue weighted by molar-refractivity contribution is -0.150. The van der Waals surface area contributed by atoms with E-state index in [4.69, 9.17) is 0 Å². The van der Waals surface area contributed by atoms with E-state index in [1.807, 2.05) is 0 Å². The van der Waals surface area contributed by atoms with Crippen molar-refractivity contribution in [2.75, 3.05) is 6.54 Å². The van der Waals surface area contributed by atoms with E-state index >= 15 is 0 Å². The summed E-state index contributed by atoms with van der Waals surface area (Å²) in [4.78, 5) is 23.6. The zero-order valence-corrected chi connectivity index (χ0v) is 13.0. The largest absolute Gasteiger partial charge is 0.481 e. The molecule has 0 aromatic heterocycles. The normalized spacial score (nSPS) is 28.6. The molecule has 0 bridgehead atoms. The van der Waals surface area contributed by atoms with Crippen LogP contribution in [-0.2, 0) is 4.79 Å². The van der Waals surface area contributed by atoms with Crippen LogP contribution in [0.5, 0.6) is 0 Å². The number of nitrogens with one attached hydrogen (secondary N) is 2. The monoisotopic (exact) mass is 296 g/mol. The smallest absolute Gasteiger partial charge is 0.315 e. The fraction of sp³-hybridized carbons (Fsp3) is 0.875. The van der Waals surface area contributed by atoms with Crippen molar-refractivity contribution in [1.82, 2.24) is 10.6 Å². The Morgan fingerprint density at radius 1 is 1.10 bits per heavy atom. The zero-order valence-electron chi connectivity index (χ0n) is 13.0. The number of amides is 2. The number of urea groups is 1. The van der Waals surface area contributed by atoms with Gasteiger partial charge >= 0.3 is 12.0 Å². The zero-order chi connectivity index (χ0) is 15.3. The first-order valence-corrected chi connectivity index (χ1v) is 8.31. The van der Waals surface area contributed by atoms with Gasteiger partial charge in [-0.1, -0.05) is 39.0 Å². The second-order valence-corrected chi connectivity index (χ2v) is 6.84. The molecule has 5 nitrogen and oxygen atoms in total. The summed E-state index contributed by atoms with van der Waals surface area (Å²) in [5.74, 6) is -0.263. The average Bonchev–Trinajstić information content (AvgIpc) is 2.48. The van der Waals surface area contributed by atoms with Crippen molar-refractivity contribution >= 4 is 12.0 Å². The van der Waals surface area contributed by atoms with Gasteiger partial charge in [-0.15, -0.1) is 0 Å². The fourth-order valence-corrected chi connectivity index (χ4v) is 3.69. The molecule has 2 atom stereocenters. The molecule has 2 aliphatic rings. The maximum absolute atomic E-state index is 12.0. The maximum atomic E-state index is 12.0. The first-order chi connectivity index (χ1) is 10.0. The van der Waals surface area contributed by atoms with Crippen LogP contribution in [0.15, 0.2) is 0 Å². The highest BCUT2D eigenvalue weighted by molar-refractivity contribution is 5.78. The van der Waals surface area contributed by atoms with Gasteiger partial charge in [0.15, 0.2) is 0 Å². The van der Waals surface area contributed by atoms with Crippen LogP contribution in [0, 0.1) is 11.3 Å². The van der Waals surface area contributed by atoms with Gasteiger partial charge in [0, 0.05) is 12.6 Å². The molecule has 2 fully saturated rings. The third kappa shape index (κ3) is 4.11. The maximum Gasteiger partial charge on any atom is 0.315 e. The Hall–Kier alpha value is -1.26. The predicted octanol–water partition coefficient (Wildman–Crippen LogP) is 2.90. The van der Waals surface area contributed by atoms with Crippen LogP contribution in [0.3, 0.4) is 0 Å². The van der Waals surface area contributed by atoms with E-state index < -0.39 is 11.4 Å². The molecule has 2 unspecified atom stereocenters. The van der Waals surface area contributed by atoms with Gasteiger partial charge in [-0.2, -0.15) is 0 Å². The highest BCUT2D eigenvalue weighted by Gasteiger charge is 2.39. The lowest BCUT2D eigenvalue weighted by Crippen LogP contribution is -2.50. The van der Waals surface area contributed by atoms with Crippen LogP contribution in [0.4, 0.5) is 4.79 Å². The van der Waals surface area contributed by atoms with Crippen molar-refractivity contribution in [2.45, 2.75) is 70.8 Å². The highest BCUT2D eigenvalue weighted by atomic mass is 16.4. The number of carboxylic acid groups (broad SMARTS) is 1. The molecular formula is C16H28N2O3. The highest BCUT2D eigenvalue weighted by Crippen LogP contribution is 2.36. The van der Waals surface area contributed by atoms with Crippen molar-refractivity contribution in [3.63, 3.8) is 0 Å². The molecule has 2 saturated carbocycles. The lowest BCUT2D eigenvalue weighted by atomic mass is 9.74. The first kappa shape index (κ1) is 16.1. The standard InChI is InChI=1S/C16H28N2O3/c1-12-7-3-4-8-13(12)18-15(21)17-11-16(14(19)20)9-5-2-6-10-16/h12-13H,2-11H2,1H3,(H,19,20)(H2,17,18,21). The summed E-state index contributed by atoms with van der Waals surface area (Å²) < 4.78 is 0. The molecule has 2 aliphatic carbocycles. The minimum absolute atomic E-state index is 0.208. The molecule has 3 N–H and O–H groups in total. The molecule has 0 aromatic rings. The number of rotatable bonds is 4. The minimum Gasteiger partial charge on any atom is -0.481 e. The van der Waals surface area contributed by atoms with Gasteiger partial charge in [0.1, 0.15) is 0 Å². The molecule has 2 amide bonds. The van der Waals surface area contributed by atoms with Gasteiger partial charge in [0.05, 0.1) is 5.41 Å². The summed E-state index contributed by atoms with van der Waals surface area (Å²) >= 11 is 0. The summed E-state index contributed by atoms with van der Waals surface area (Å²) in [5.41, 5.74) is -0.756. The topological polar surface area (TPSA) is 78.4 Å². The molecule has 21 heavy (non-hydrogen) atoms. The first-order valence-electron chi connectivity index (χ1n) is 8.31. The van der Waals surface area contributed by atoms with Gasteiger partial charge in [-0.05, 0) is 31.6 Å². The van der Waals surface area contributed by atoms with Crippen LogP contribution >= 0.6 is 0 Å². The van der Waals surface area contributed by atoms with Crippen molar-refractivity contribution < 1.29 is 14.7 Å². The van der Waals surface area contributed by atoms with E-state index in [1.165, 1.54) is 6.42 Å². The van der Waals surface area contributed by atoms with Crippen LogP contribution < -0.4 is 10.6 Å². The second kappa shape index (κ2) is 7.14. The quantitative estimate of drug-likeness (QED) is 0.746. The molecule has 0 aromatic carbocycles. The molecule has 2 rings (SSSR count). The molecule has 0 spiro atoms. The summed E-state index contributed by atoms with van der Waals surface area (Å²) in [7, 11) is 0. The van der Waals surface area contributed by atoms with E-state index in [2.05, 4.69) is 17.6 Å².